The highest BCUT2D eigenvalue weighted by atomic mass is 16.5. The summed E-state index contributed by atoms with van der Waals surface area (Å²) in [6, 6.07) is 9.98. The number of benzene rings is 1. The largest absolute Gasteiger partial charge is 0.465 e. The van der Waals surface area contributed by atoms with Crippen LogP contribution in [0.25, 0.3) is 0 Å². The van der Waals surface area contributed by atoms with Gasteiger partial charge in [-0.25, -0.2) is 0 Å². The van der Waals surface area contributed by atoms with Crippen LogP contribution in [0.2, 0.25) is 0 Å². The second-order valence-electron chi connectivity index (χ2n) is 3.37. The zero-order valence-electron chi connectivity index (χ0n) is 8.62. The van der Waals surface area contributed by atoms with Gasteiger partial charge in [0.2, 0.25) is 0 Å². The van der Waals surface area contributed by atoms with Crippen molar-refractivity contribution < 1.29 is 9.53 Å². The van der Waals surface area contributed by atoms with E-state index in [0.717, 1.165) is 6.42 Å². The molecule has 1 rings (SSSR count). The number of hydrogen-bond acceptors (Lipinski definition) is 2. The maximum Gasteiger partial charge on any atom is 0.312 e. The second kappa shape index (κ2) is 5.43. The average molecular weight is 191 g/mol. The molecular formula is C12H15O2. The van der Waals surface area contributed by atoms with Crippen molar-refractivity contribution >= 4 is 5.97 Å². The smallest absolute Gasteiger partial charge is 0.312 e. The minimum Gasteiger partial charge on any atom is -0.465 e. The molecule has 0 saturated heterocycles. The van der Waals surface area contributed by atoms with E-state index in [1.54, 1.807) is 13.8 Å². The molecule has 0 bridgehead atoms. The van der Waals surface area contributed by atoms with Gasteiger partial charge in [0, 0.05) is 6.42 Å². The minimum absolute atomic E-state index is 0.207. The fourth-order valence-corrected chi connectivity index (χ4v) is 1.05. The zero-order chi connectivity index (χ0) is 10.4. The van der Waals surface area contributed by atoms with Crippen LogP contribution in [0.3, 0.4) is 0 Å². The van der Waals surface area contributed by atoms with Gasteiger partial charge in [0.25, 0.3) is 0 Å². The van der Waals surface area contributed by atoms with Crippen molar-refractivity contribution in [3.8, 4) is 0 Å². The molecule has 2 heteroatoms. The van der Waals surface area contributed by atoms with Crippen molar-refractivity contribution in [2.45, 2.75) is 20.3 Å². The normalized spacial score (nSPS) is 10.2. The van der Waals surface area contributed by atoms with Gasteiger partial charge in [-0.15, -0.1) is 0 Å². The van der Waals surface area contributed by atoms with Crippen LogP contribution in [0.15, 0.2) is 30.3 Å². The van der Waals surface area contributed by atoms with E-state index in [0.29, 0.717) is 12.5 Å². The SMILES string of the molecule is C[C](C)C(=O)OCCc1ccccc1. The highest BCUT2D eigenvalue weighted by Crippen LogP contribution is 2.02. The quantitative estimate of drug-likeness (QED) is 0.683. The molecule has 0 amide bonds. The van der Waals surface area contributed by atoms with Gasteiger partial charge in [0.15, 0.2) is 0 Å². The number of rotatable bonds is 4. The molecule has 14 heavy (non-hydrogen) atoms. The van der Waals surface area contributed by atoms with Crippen LogP contribution < -0.4 is 0 Å². The van der Waals surface area contributed by atoms with Gasteiger partial charge in [-0.1, -0.05) is 30.3 Å². The molecule has 0 fully saturated rings. The maximum absolute atomic E-state index is 11.1. The Bertz CT molecular complexity index is 278. The lowest BCUT2D eigenvalue weighted by Gasteiger charge is -2.06. The number of carbonyl (C=O) groups excluding carboxylic acids is 1. The molecule has 0 heterocycles. The van der Waals surface area contributed by atoms with Crippen LogP contribution in [0.4, 0.5) is 0 Å². The lowest BCUT2D eigenvalue weighted by Crippen LogP contribution is -2.11. The Labute approximate surface area is 84.9 Å². The molecule has 2 nitrogen and oxygen atoms in total. The van der Waals surface area contributed by atoms with Gasteiger partial charge in [-0.3, -0.25) is 4.79 Å². The molecule has 0 spiro atoms. The van der Waals surface area contributed by atoms with E-state index in [2.05, 4.69) is 0 Å². The van der Waals surface area contributed by atoms with Crippen molar-refractivity contribution in [3.63, 3.8) is 0 Å². The first-order valence-electron chi connectivity index (χ1n) is 4.71. The maximum atomic E-state index is 11.1. The summed E-state index contributed by atoms with van der Waals surface area (Å²) in [5.74, 6) is 0.485. The first-order valence-corrected chi connectivity index (χ1v) is 4.71. The van der Waals surface area contributed by atoms with Crippen LogP contribution in [0, 0.1) is 5.92 Å². The van der Waals surface area contributed by atoms with E-state index in [4.69, 9.17) is 4.74 Å². The number of hydrogen-bond donors (Lipinski definition) is 0. The Morgan fingerprint density at radius 1 is 1.21 bits per heavy atom. The van der Waals surface area contributed by atoms with Crippen LogP contribution in [0.5, 0.6) is 0 Å². The first kappa shape index (κ1) is 10.8. The fraction of sp³-hybridized carbons (Fsp3) is 0.333. The molecule has 0 aliphatic heterocycles. The monoisotopic (exact) mass is 191 g/mol. The van der Waals surface area contributed by atoms with Crippen molar-refractivity contribution in [3.05, 3.63) is 41.8 Å². The zero-order valence-corrected chi connectivity index (χ0v) is 8.62. The van der Waals surface area contributed by atoms with Gasteiger partial charge >= 0.3 is 5.97 Å². The van der Waals surface area contributed by atoms with E-state index in [1.165, 1.54) is 5.56 Å². The molecule has 0 saturated carbocycles. The molecule has 0 aliphatic rings. The van der Waals surface area contributed by atoms with E-state index in [9.17, 15) is 4.79 Å². The predicted octanol–water partition coefficient (Wildman–Crippen LogP) is 2.39. The van der Waals surface area contributed by atoms with Crippen molar-refractivity contribution in [2.24, 2.45) is 0 Å². The van der Waals surface area contributed by atoms with Crippen LogP contribution in [-0.2, 0) is 16.0 Å². The number of carbonyl (C=O) groups is 1. The predicted molar refractivity (Wildman–Crippen MR) is 55.7 cm³/mol. The first-order chi connectivity index (χ1) is 6.70. The lowest BCUT2D eigenvalue weighted by molar-refractivity contribution is -0.141. The standard InChI is InChI=1S/C12H15O2/c1-10(2)12(13)14-9-8-11-6-4-3-5-7-11/h3-7H,8-9H2,1-2H3. The van der Waals surface area contributed by atoms with Crippen LogP contribution >= 0.6 is 0 Å². The molecule has 0 atom stereocenters. The van der Waals surface area contributed by atoms with Gasteiger partial charge in [0.05, 0.1) is 12.5 Å². The van der Waals surface area contributed by atoms with Gasteiger partial charge < -0.3 is 4.74 Å². The fourth-order valence-electron chi connectivity index (χ4n) is 1.05. The molecule has 0 N–H and O–H groups in total. The summed E-state index contributed by atoms with van der Waals surface area (Å²) in [6.45, 7) is 3.96. The summed E-state index contributed by atoms with van der Waals surface area (Å²) in [4.78, 5) is 11.1. The summed E-state index contributed by atoms with van der Waals surface area (Å²) in [6.07, 6.45) is 0.778. The van der Waals surface area contributed by atoms with Gasteiger partial charge in [0.1, 0.15) is 0 Å². The third kappa shape index (κ3) is 3.60. The van der Waals surface area contributed by atoms with E-state index < -0.39 is 0 Å². The third-order valence-corrected chi connectivity index (χ3v) is 1.87. The van der Waals surface area contributed by atoms with Crippen molar-refractivity contribution in [1.29, 1.82) is 0 Å². The Kier molecular flexibility index (Phi) is 4.17. The van der Waals surface area contributed by atoms with Gasteiger partial charge in [-0.05, 0) is 19.4 Å². The highest BCUT2D eigenvalue weighted by Gasteiger charge is 2.07. The van der Waals surface area contributed by atoms with E-state index in [-0.39, 0.29) is 5.97 Å². The Balaban J connectivity index is 2.26. The Morgan fingerprint density at radius 3 is 2.43 bits per heavy atom. The molecule has 1 radical (unpaired) electrons. The van der Waals surface area contributed by atoms with Crippen LogP contribution in [-0.4, -0.2) is 12.6 Å². The van der Waals surface area contributed by atoms with E-state index >= 15 is 0 Å². The van der Waals surface area contributed by atoms with E-state index in [1.807, 2.05) is 30.3 Å². The summed E-state index contributed by atoms with van der Waals surface area (Å²) in [5.41, 5.74) is 1.19. The molecule has 0 unspecified atom stereocenters. The molecule has 0 aliphatic carbocycles. The molecule has 1 aromatic rings. The molecule has 75 valence electrons. The topological polar surface area (TPSA) is 26.3 Å². The summed E-state index contributed by atoms with van der Waals surface area (Å²) >= 11 is 0. The third-order valence-electron chi connectivity index (χ3n) is 1.87. The molecule has 1 aromatic carbocycles. The van der Waals surface area contributed by atoms with Gasteiger partial charge in [-0.2, -0.15) is 0 Å². The molecule has 0 aromatic heterocycles. The van der Waals surface area contributed by atoms with Crippen LogP contribution in [0.1, 0.15) is 19.4 Å². The minimum atomic E-state index is -0.207. The summed E-state index contributed by atoms with van der Waals surface area (Å²) in [5, 5.41) is 0. The summed E-state index contributed by atoms with van der Waals surface area (Å²) < 4.78 is 5.03. The average Bonchev–Trinajstić information content (AvgIpc) is 2.19. The second-order valence-corrected chi connectivity index (χ2v) is 3.37. The Hall–Kier alpha value is -1.31. The number of esters is 1. The number of ether oxygens (including phenoxy) is 1. The highest BCUT2D eigenvalue weighted by molar-refractivity contribution is 5.83. The van der Waals surface area contributed by atoms with Crippen molar-refractivity contribution in [2.75, 3.05) is 6.61 Å². The van der Waals surface area contributed by atoms with Crippen molar-refractivity contribution in [1.82, 2.24) is 0 Å². The Morgan fingerprint density at radius 2 is 1.86 bits per heavy atom. The summed E-state index contributed by atoms with van der Waals surface area (Å²) in [7, 11) is 0. The molecular weight excluding hydrogens is 176 g/mol. The lowest BCUT2D eigenvalue weighted by atomic mass is 10.2.